The zero-order valence-corrected chi connectivity index (χ0v) is 14.8. The predicted octanol–water partition coefficient (Wildman–Crippen LogP) is 2.07. The first-order valence-corrected chi connectivity index (χ1v) is 9.04. The van der Waals surface area contributed by atoms with Crippen LogP contribution < -0.4 is 10.6 Å². The third kappa shape index (κ3) is 4.68. The molecule has 2 fully saturated rings. The van der Waals surface area contributed by atoms with Gasteiger partial charge in [-0.25, -0.2) is 9.78 Å². The summed E-state index contributed by atoms with van der Waals surface area (Å²) in [6.07, 6.45) is 4.60. The van der Waals surface area contributed by atoms with Gasteiger partial charge < -0.3 is 15.1 Å². The molecule has 2 aliphatic heterocycles. The molecule has 24 heavy (non-hydrogen) atoms. The summed E-state index contributed by atoms with van der Waals surface area (Å²) in [6, 6.07) is 6.48. The first-order valence-electron chi connectivity index (χ1n) is 9.04. The Morgan fingerprint density at radius 1 is 1.12 bits per heavy atom. The van der Waals surface area contributed by atoms with E-state index < -0.39 is 0 Å². The summed E-state index contributed by atoms with van der Waals surface area (Å²) in [5.74, 6) is 0.608. The van der Waals surface area contributed by atoms with E-state index in [0.717, 1.165) is 37.7 Å². The Labute approximate surface area is 144 Å². The first-order chi connectivity index (χ1) is 11.6. The van der Waals surface area contributed by atoms with Gasteiger partial charge in [0.2, 0.25) is 0 Å². The van der Waals surface area contributed by atoms with Crippen LogP contribution in [0.15, 0.2) is 18.2 Å². The average Bonchev–Trinajstić information content (AvgIpc) is 2.56. The lowest BCUT2D eigenvalue weighted by molar-refractivity contribution is 0.0938. The van der Waals surface area contributed by atoms with Crippen LogP contribution >= 0.6 is 0 Å². The summed E-state index contributed by atoms with van der Waals surface area (Å²) < 4.78 is 0. The van der Waals surface area contributed by atoms with E-state index in [0.29, 0.717) is 5.82 Å². The number of anilines is 1. The second kappa shape index (κ2) is 7.94. The lowest BCUT2D eigenvalue weighted by atomic mass is 9.98. The SMILES string of the molecule is Cc1cccc(NC(=O)NC2CCN(C3CCN(C)CC3)CC2)n1. The van der Waals surface area contributed by atoms with Gasteiger partial charge in [0.25, 0.3) is 0 Å². The molecule has 0 bridgehead atoms. The van der Waals surface area contributed by atoms with Gasteiger partial charge in [-0.3, -0.25) is 5.32 Å². The van der Waals surface area contributed by atoms with Gasteiger partial charge in [0.05, 0.1) is 0 Å². The number of nitrogens with one attached hydrogen (secondary N) is 2. The topological polar surface area (TPSA) is 60.5 Å². The Bertz CT molecular complexity index is 548. The highest BCUT2D eigenvalue weighted by molar-refractivity contribution is 5.88. The number of aromatic nitrogens is 1. The summed E-state index contributed by atoms with van der Waals surface area (Å²) in [4.78, 5) is 21.5. The van der Waals surface area contributed by atoms with Crippen LogP contribution in [0.2, 0.25) is 0 Å². The highest BCUT2D eigenvalue weighted by Gasteiger charge is 2.27. The van der Waals surface area contributed by atoms with Crippen molar-refractivity contribution in [1.29, 1.82) is 0 Å². The Morgan fingerprint density at radius 3 is 2.50 bits per heavy atom. The van der Waals surface area contributed by atoms with Gasteiger partial charge in [-0.1, -0.05) is 6.07 Å². The van der Waals surface area contributed by atoms with Crippen LogP contribution in [-0.4, -0.2) is 66.1 Å². The Morgan fingerprint density at radius 2 is 1.83 bits per heavy atom. The zero-order valence-electron chi connectivity index (χ0n) is 14.8. The molecule has 132 valence electrons. The maximum absolute atomic E-state index is 12.1. The minimum absolute atomic E-state index is 0.147. The highest BCUT2D eigenvalue weighted by atomic mass is 16.2. The number of amides is 2. The number of urea groups is 1. The van der Waals surface area contributed by atoms with Crippen molar-refractivity contribution in [3.63, 3.8) is 0 Å². The maximum Gasteiger partial charge on any atom is 0.320 e. The van der Waals surface area contributed by atoms with Gasteiger partial charge >= 0.3 is 6.03 Å². The molecule has 0 saturated carbocycles. The number of carbonyl (C=O) groups is 1. The van der Waals surface area contributed by atoms with Crippen LogP contribution in [0.25, 0.3) is 0 Å². The molecule has 1 aromatic heterocycles. The minimum Gasteiger partial charge on any atom is -0.335 e. The van der Waals surface area contributed by atoms with Crippen molar-refractivity contribution in [2.24, 2.45) is 0 Å². The fraction of sp³-hybridized carbons (Fsp3) is 0.667. The molecule has 3 rings (SSSR count). The second-order valence-electron chi connectivity index (χ2n) is 7.11. The normalized spacial score (nSPS) is 21.6. The predicted molar refractivity (Wildman–Crippen MR) is 96.2 cm³/mol. The smallest absolute Gasteiger partial charge is 0.320 e. The lowest BCUT2D eigenvalue weighted by Gasteiger charge is -2.41. The molecule has 6 nitrogen and oxygen atoms in total. The fourth-order valence-electron chi connectivity index (χ4n) is 3.72. The van der Waals surface area contributed by atoms with E-state index in [1.807, 2.05) is 25.1 Å². The summed E-state index contributed by atoms with van der Waals surface area (Å²) in [5.41, 5.74) is 0.902. The molecule has 0 atom stereocenters. The van der Waals surface area contributed by atoms with E-state index in [9.17, 15) is 4.79 Å². The largest absolute Gasteiger partial charge is 0.335 e. The number of likely N-dealkylation sites (tertiary alicyclic amines) is 2. The van der Waals surface area contributed by atoms with Crippen molar-refractivity contribution < 1.29 is 4.79 Å². The molecule has 0 unspecified atom stereocenters. The number of pyridine rings is 1. The van der Waals surface area contributed by atoms with E-state index in [2.05, 4.69) is 32.5 Å². The zero-order chi connectivity index (χ0) is 16.9. The van der Waals surface area contributed by atoms with Crippen LogP contribution in [0.4, 0.5) is 10.6 Å². The van der Waals surface area contributed by atoms with Gasteiger partial charge in [-0.2, -0.15) is 0 Å². The van der Waals surface area contributed by atoms with E-state index in [1.54, 1.807) is 0 Å². The van der Waals surface area contributed by atoms with Crippen molar-refractivity contribution in [2.75, 3.05) is 38.5 Å². The molecule has 6 heteroatoms. The number of nitrogens with zero attached hydrogens (tertiary/aromatic N) is 3. The van der Waals surface area contributed by atoms with Crippen LogP contribution in [0.1, 0.15) is 31.4 Å². The van der Waals surface area contributed by atoms with Crippen molar-refractivity contribution in [3.05, 3.63) is 23.9 Å². The summed E-state index contributed by atoms with van der Waals surface area (Å²) >= 11 is 0. The highest BCUT2D eigenvalue weighted by Crippen LogP contribution is 2.20. The molecular weight excluding hydrogens is 302 g/mol. The molecule has 2 N–H and O–H groups in total. The van der Waals surface area contributed by atoms with Crippen LogP contribution in [0.5, 0.6) is 0 Å². The van der Waals surface area contributed by atoms with E-state index in [-0.39, 0.29) is 12.1 Å². The fourth-order valence-corrected chi connectivity index (χ4v) is 3.72. The quantitative estimate of drug-likeness (QED) is 0.890. The number of carbonyl (C=O) groups excluding carboxylic acids is 1. The molecule has 2 amide bonds. The molecule has 0 spiro atoms. The Balaban J connectivity index is 1.41. The van der Waals surface area contributed by atoms with Gasteiger partial charge in [-0.05, 0) is 64.9 Å². The average molecular weight is 331 g/mol. The summed E-state index contributed by atoms with van der Waals surface area (Å²) in [7, 11) is 2.20. The molecule has 2 saturated heterocycles. The van der Waals surface area contributed by atoms with Crippen molar-refractivity contribution in [2.45, 2.75) is 44.7 Å². The number of rotatable bonds is 3. The summed E-state index contributed by atoms with van der Waals surface area (Å²) in [6.45, 7) is 6.50. The van der Waals surface area contributed by atoms with Gasteiger partial charge in [0, 0.05) is 30.9 Å². The second-order valence-corrected chi connectivity index (χ2v) is 7.11. The molecule has 0 aliphatic carbocycles. The van der Waals surface area contributed by atoms with Gasteiger partial charge in [0.1, 0.15) is 5.82 Å². The number of hydrogen-bond acceptors (Lipinski definition) is 4. The maximum atomic E-state index is 12.1. The van der Waals surface area contributed by atoms with E-state index in [1.165, 1.54) is 25.9 Å². The lowest BCUT2D eigenvalue weighted by Crippen LogP contribution is -2.51. The molecule has 3 heterocycles. The third-order valence-corrected chi connectivity index (χ3v) is 5.20. The van der Waals surface area contributed by atoms with Crippen LogP contribution in [-0.2, 0) is 0 Å². The van der Waals surface area contributed by atoms with Gasteiger partial charge in [-0.15, -0.1) is 0 Å². The standard InChI is InChI=1S/C18H29N5O/c1-14-4-3-5-17(19-14)21-18(24)20-15-6-12-23(13-7-15)16-8-10-22(2)11-9-16/h3-5,15-16H,6-13H2,1-2H3,(H2,19,20,21,24). The molecule has 0 radical (unpaired) electrons. The molecule has 2 aliphatic rings. The number of aryl methyl sites for hydroxylation is 1. The van der Waals surface area contributed by atoms with Crippen LogP contribution in [0.3, 0.4) is 0 Å². The monoisotopic (exact) mass is 331 g/mol. The minimum atomic E-state index is -0.147. The Hall–Kier alpha value is -1.66. The summed E-state index contributed by atoms with van der Waals surface area (Å²) in [5, 5.41) is 5.92. The van der Waals surface area contributed by atoms with E-state index >= 15 is 0 Å². The first kappa shape index (κ1) is 17.2. The molecule has 1 aromatic rings. The number of piperidine rings is 2. The Kier molecular flexibility index (Phi) is 5.68. The third-order valence-electron chi connectivity index (χ3n) is 5.20. The molecule has 0 aromatic carbocycles. The van der Waals surface area contributed by atoms with Crippen molar-refractivity contribution >= 4 is 11.8 Å². The number of hydrogen-bond donors (Lipinski definition) is 2. The molecular formula is C18H29N5O. The van der Waals surface area contributed by atoms with Crippen molar-refractivity contribution in [1.82, 2.24) is 20.1 Å². The van der Waals surface area contributed by atoms with E-state index in [4.69, 9.17) is 0 Å². The van der Waals surface area contributed by atoms with Crippen molar-refractivity contribution in [3.8, 4) is 0 Å². The van der Waals surface area contributed by atoms with Crippen LogP contribution in [0, 0.1) is 6.92 Å². The van der Waals surface area contributed by atoms with Gasteiger partial charge in [0.15, 0.2) is 0 Å².